The van der Waals surface area contributed by atoms with E-state index in [0.29, 0.717) is 0 Å². The van der Waals surface area contributed by atoms with E-state index in [9.17, 15) is 0 Å². The number of hydrogen-bond donors (Lipinski definition) is 0. The summed E-state index contributed by atoms with van der Waals surface area (Å²) >= 11 is 0. The molecule has 1 aliphatic heterocycles. The zero-order valence-corrected chi connectivity index (χ0v) is 9.35. The third-order valence-corrected chi connectivity index (χ3v) is 6.73. The maximum atomic E-state index is 5.30. The van der Waals surface area contributed by atoms with Gasteiger partial charge in [-0.05, 0) is 6.92 Å². The van der Waals surface area contributed by atoms with E-state index < -0.39 is 29.3 Å². The van der Waals surface area contributed by atoms with Crippen molar-refractivity contribution in [2.45, 2.75) is 6.92 Å². The molecule has 1 saturated heterocycles. The van der Waals surface area contributed by atoms with Gasteiger partial charge in [-0.1, -0.05) is 11.8 Å². The maximum Gasteiger partial charge on any atom is 0.329 e. The third-order valence-electron chi connectivity index (χ3n) is 0.981. The molecule has 0 N–H and O–H groups in total. The van der Waals surface area contributed by atoms with Gasteiger partial charge in [0.05, 0.1) is 0 Å². The maximum absolute atomic E-state index is 5.30. The molecule has 0 aromatic heterocycles. The zero-order valence-electron chi connectivity index (χ0n) is 5.37. The molecular weight excluding hydrogens is 168 g/mol. The Morgan fingerprint density at radius 2 is 2.00 bits per heavy atom. The Kier molecular flexibility index (Phi) is 3.40. The number of allylic oxidation sites excluding steroid dienone is 1. The van der Waals surface area contributed by atoms with Gasteiger partial charge in [-0.25, -0.2) is 0 Å². The van der Waals surface area contributed by atoms with Gasteiger partial charge in [0.2, 0.25) is 0 Å². The SMILES string of the molecule is CC=C[SiH]1O[SiH2]O[SiH2]O1. The van der Waals surface area contributed by atoms with Gasteiger partial charge in [-0.2, -0.15) is 0 Å². The highest BCUT2D eigenvalue weighted by Crippen LogP contribution is 1.95. The van der Waals surface area contributed by atoms with Crippen LogP contribution in [0.2, 0.25) is 0 Å². The molecule has 0 bridgehead atoms. The predicted octanol–water partition coefficient (Wildman–Crippen LogP) is -1.62. The van der Waals surface area contributed by atoms with Crippen LogP contribution in [0, 0.1) is 0 Å². The van der Waals surface area contributed by atoms with Crippen molar-refractivity contribution in [2.24, 2.45) is 0 Å². The van der Waals surface area contributed by atoms with Crippen LogP contribution >= 0.6 is 0 Å². The van der Waals surface area contributed by atoms with Crippen molar-refractivity contribution >= 4 is 29.3 Å². The first-order valence-electron chi connectivity index (χ1n) is 2.87. The highest BCUT2D eigenvalue weighted by molar-refractivity contribution is 6.64. The van der Waals surface area contributed by atoms with E-state index in [2.05, 4.69) is 0 Å². The van der Waals surface area contributed by atoms with Crippen molar-refractivity contribution in [1.29, 1.82) is 0 Å². The molecule has 1 aliphatic rings. The minimum atomic E-state index is -1.31. The monoisotopic (exact) mass is 178 g/mol. The molecule has 0 aromatic carbocycles. The van der Waals surface area contributed by atoms with Gasteiger partial charge in [0, 0.05) is 0 Å². The van der Waals surface area contributed by atoms with E-state index >= 15 is 0 Å². The van der Waals surface area contributed by atoms with Gasteiger partial charge in [-0.3, -0.25) is 0 Å². The Hall–Kier alpha value is 0.271. The van der Waals surface area contributed by atoms with E-state index in [1.165, 1.54) is 0 Å². The zero-order chi connectivity index (χ0) is 6.53. The summed E-state index contributed by atoms with van der Waals surface area (Å²) < 4.78 is 15.7. The smallest absolute Gasteiger partial charge is 0.329 e. The summed E-state index contributed by atoms with van der Waals surface area (Å²) in [5, 5.41) is 0. The summed E-state index contributed by atoms with van der Waals surface area (Å²) in [5.41, 5.74) is 2.04. The van der Waals surface area contributed by atoms with E-state index in [1.54, 1.807) is 0 Å². The van der Waals surface area contributed by atoms with Crippen LogP contribution in [0.15, 0.2) is 11.8 Å². The molecule has 9 heavy (non-hydrogen) atoms. The van der Waals surface area contributed by atoms with Gasteiger partial charge < -0.3 is 12.3 Å². The van der Waals surface area contributed by atoms with Crippen molar-refractivity contribution in [3.05, 3.63) is 11.8 Å². The van der Waals surface area contributed by atoms with Gasteiger partial charge in [0.25, 0.3) is 20.0 Å². The summed E-state index contributed by atoms with van der Waals surface area (Å²) in [7, 11) is -2.53. The van der Waals surface area contributed by atoms with Crippen molar-refractivity contribution in [2.75, 3.05) is 0 Å². The van der Waals surface area contributed by atoms with E-state index in [1.807, 2.05) is 18.7 Å². The van der Waals surface area contributed by atoms with Gasteiger partial charge in [0.1, 0.15) is 0 Å². The third kappa shape index (κ3) is 2.56. The topological polar surface area (TPSA) is 27.7 Å². The molecule has 3 nitrogen and oxygen atoms in total. The lowest BCUT2D eigenvalue weighted by atomic mass is 10.8. The molecule has 0 unspecified atom stereocenters. The van der Waals surface area contributed by atoms with Crippen LogP contribution in [-0.4, -0.2) is 29.3 Å². The van der Waals surface area contributed by atoms with Crippen LogP contribution < -0.4 is 0 Å². The predicted molar refractivity (Wildman–Crippen MR) is 42.3 cm³/mol. The van der Waals surface area contributed by atoms with Crippen molar-refractivity contribution in [3.8, 4) is 0 Å². The molecular formula is C3H10O3Si3. The minimum absolute atomic E-state index is 0.612. The molecule has 1 fully saturated rings. The molecule has 6 heteroatoms. The van der Waals surface area contributed by atoms with Crippen LogP contribution in [0.3, 0.4) is 0 Å². The van der Waals surface area contributed by atoms with Gasteiger partial charge >= 0.3 is 9.28 Å². The first-order chi connectivity index (χ1) is 4.43. The van der Waals surface area contributed by atoms with Crippen LogP contribution in [-0.2, 0) is 12.3 Å². The van der Waals surface area contributed by atoms with Crippen molar-refractivity contribution < 1.29 is 12.3 Å². The molecule has 0 aromatic rings. The summed E-state index contributed by atoms with van der Waals surface area (Å²) in [4.78, 5) is 0. The molecule has 0 amide bonds. The fraction of sp³-hybridized carbons (Fsp3) is 0.333. The Balaban J connectivity index is 2.23. The van der Waals surface area contributed by atoms with Gasteiger partial charge in [0.15, 0.2) is 0 Å². The first kappa shape index (κ1) is 7.38. The number of rotatable bonds is 1. The molecule has 1 heterocycles. The summed E-state index contributed by atoms with van der Waals surface area (Å²) in [6, 6.07) is 0. The lowest BCUT2D eigenvalue weighted by Crippen LogP contribution is -2.33. The molecule has 0 radical (unpaired) electrons. The fourth-order valence-electron chi connectivity index (χ4n) is 0.581. The quantitative estimate of drug-likeness (QED) is 0.452. The van der Waals surface area contributed by atoms with E-state index in [0.717, 1.165) is 0 Å². The van der Waals surface area contributed by atoms with Crippen molar-refractivity contribution in [1.82, 2.24) is 0 Å². The molecule has 0 saturated carbocycles. The molecule has 52 valence electrons. The normalized spacial score (nSPS) is 34.6. The molecule has 0 aliphatic carbocycles. The number of hydrogen-bond acceptors (Lipinski definition) is 3. The first-order valence-corrected chi connectivity index (χ1v) is 6.79. The largest absolute Gasteiger partial charge is 0.425 e. The molecule has 1 rings (SSSR count). The lowest BCUT2D eigenvalue weighted by Gasteiger charge is -2.18. The fourth-order valence-corrected chi connectivity index (χ4v) is 6.88. The van der Waals surface area contributed by atoms with E-state index in [4.69, 9.17) is 12.3 Å². The Bertz CT molecular complexity index is 100. The van der Waals surface area contributed by atoms with Gasteiger partial charge in [-0.15, -0.1) is 0 Å². The average Bonchev–Trinajstić information content (AvgIpc) is 1.91. The Morgan fingerprint density at radius 1 is 1.33 bits per heavy atom. The summed E-state index contributed by atoms with van der Waals surface area (Å²) in [6.45, 7) is 1.98. The van der Waals surface area contributed by atoms with Crippen LogP contribution in [0.4, 0.5) is 0 Å². The lowest BCUT2D eigenvalue weighted by molar-refractivity contribution is 0.333. The highest BCUT2D eigenvalue weighted by atomic mass is 28.4. The second-order valence-corrected chi connectivity index (χ2v) is 7.56. The van der Waals surface area contributed by atoms with Crippen LogP contribution in [0.5, 0.6) is 0 Å². The van der Waals surface area contributed by atoms with E-state index in [-0.39, 0.29) is 0 Å². The van der Waals surface area contributed by atoms with Crippen LogP contribution in [0.1, 0.15) is 6.92 Å². The van der Waals surface area contributed by atoms with Crippen LogP contribution in [0.25, 0.3) is 0 Å². The molecule has 0 atom stereocenters. The highest BCUT2D eigenvalue weighted by Gasteiger charge is 2.12. The molecule has 0 spiro atoms. The van der Waals surface area contributed by atoms with Crippen molar-refractivity contribution in [3.63, 3.8) is 0 Å². The Morgan fingerprint density at radius 3 is 2.56 bits per heavy atom. The second-order valence-electron chi connectivity index (χ2n) is 1.67. The Labute approximate surface area is 61.0 Å². The summed E-state index contributed by atoms with van der Waals surface area (Å²) in [5.74, 6) is 0. The standard InChI is InChI=1S/C3H10O3Si3/c1-2-3-9-5-7-4-8-6-9/h2-3,9H,7-8H2,1H3. The average molecular weight is 178 g/mol. The summed E-state index contributed by atoms with van der Waals surface area (Å²) in [6.07, 6.45) is 1.99. The minimum Gasteiger partial charge on any atom is -0.425 e. The second kappa shape index (κ2) is 4.14.